The molecular formula is C9H10N2. The van der Waals surface area contributed by atoms with Crippen molar-refractivity contribution in [1.82, 2.24) is 10.2 Å². The maximum Gasteiger partial charge on any atom is 0.0923 e. The number of fused-ring (bicyclic) bond motifs is 1. The van der Waals surface area contributed by atoms with Crippen molar-refractivity contribution < 1.29 is 0 Å². The van der Waals surface area contributed by atoms with Crippen molar-refractivity contribution in [1.29, 1.82) is 0 Å². The fraction of sp³-hybridized carbons (Fsp3) is 0.222. The first kappa shape index (κ1) is 6.40. The predicted molar refractivity (Wildman–Crippen MR) is 45.6 cm³/mol. The minimum absolute atomic E-state index is 1.05. The van der Waals surface area contributed by atoms with Crippen LogP contribution in [0.3, 0.4) is 0 Å². The summed E-state index contributed by atoms with van der Waals surface area (Å²) in [5.41, 5.74) is 3.47. The van der Waals surface area contributed by atoms with Gasteiger partial charge in [0.1, 0.15) is 0 Å². The summed E-state index contributed by atoms with van der Waals surface area (Å²) in [7, 11) is 0. The zero-order valence-electron chi connectivity index (χ0n) is 6.68. The third-order valence-corrected chi connectivity index (χ3v) is 1.90. The van der Waals surface area contributed by atoms with E-state index in [9.17, 15) is 0 Å². The number of hydrogen-bond acceptors (Lipinski definition) is 1. The van der Waals surface area contributed by atoms with E-state index < -0.39 is 0 Å². The van der Waals surface area contributed by atoms with Gasteiger partial charge in [-0.3, -0.25) is 5.10 Å². The molecule has 0 saturated heterocycles. The Labute approximate surface area is 65.2 Å². The number of aromatic nitrogens is 2. The topological polar surface area (TPSA) is 28.7 Å². The minimum atomic E-state index is 1.05. The van der Waals surface area contributed by atoms with Crippen LogP contribution in [0.2, 0.25) is 0 Å². The highest BCUT2D eigenvalue weighted by Crippen LogP contribution is 2.15. The van der Waals surface area contributed by atoms with Gasteiger partial charge in [0.2, 0.25) is 0 Å². The van der Waals surface area contributed by atoms with E-state index >= 15 is 0 Å². The molecule has 0 fully saturated rings. The molecule has 1 heterocycles. The van der Waals surface area contributed by atoms with Crippen molar-refractivity contribution in [2.75, 3.05) is 0 Å². The summed E-state index contributed by atoms with van der Waals surface area (Å²) in [6, 6.07) is 6.25. The van der Waals surface area contributed by atoms with E-state index in [1.165, 1.54) is 10.9 Å². The van der Waals surface area contributed by atoms with Crippen molar-refractivity contribution in [3.63, 3.8) is 0 Å². The highest BCUT2D eigenvalue weighted by Gasteiger charge is 1.98. The van der Waals surface area contributed by atoms with Crippen molar-refractivity contribution in [2.24, 2.45) is 0 Å². The number of nitrogens with one attached hydrogen (secondary N) is 1. The first-order chi connectivity index (χ1) is 5.27. The minimum Gasteiger partial charge on any atom is -0.282 e. The van der Waals surface area contributed by atoms with Crippen LogP contribution in [0, 0.1) is 13.8 Å². The molecule has 2 heteroatoms. The number of aryl methyl sites for hydroxylation is 2. The van der Waals surface area contributed by atoms with E-state index in [-0.39, 0.29) is 0 Å². The second kappa shape index (κ2) is 2.09. The number of aromatic amines is 1. The molecule has 1 N–H and O–H groups in total. The molecule has 0 bridgehead atoms. The fourth-order valence-corrected chi connectivity index (χ4v) is 1.25. The third-order valence-electron chi connectivity index (χ3n) is 1.90. The van der Waals surface area contributed by atoms with Gasteiger partial charge < -0.3 is 0 Å². The Morgan fingerprint density at radius 3 is 2.91 bits per heavy atom. The Hall–Kier alpha value is -1.31. The molecule has 0 unspecified atom stereocenters. The van der Waals surface area contributed by atoms with Crippen LogP contribution in [0.25, 0.3) is 10.9 Å². The average molecular weight is 146 g/mol. The van der Waals surface area contributed by atoms with Gasteiger partial charge in [0.15, 0.2) is 0 Å². The van der Waals surface area contributed by atoms with Crippen LogP contribution in [0.4, 0.5) is 0 Å². The number of rotatable bonds is 0. The highest BCUT2D eigenvalue weighted by atomic mass is 15.1. The van der Waals surface area contributed by atoms with Crippen molar-refractivity contribution >= 4 is 10.9 Å². The summed E-state index contributed by atoms with van der Waals surface area (Å²) < 4.78 is 0. The quantitative estimate of drug-likeness (QED) is 0.606. The Morgan fingerprint density at radius 1 is 1.27 bits per heavy atom. The van der Waals surface area contributed by atoms with Gasteiger partial charge in [0.25, 0.3) is 0 Å². The zero-order valence-corrected chi connectivity index (χ0v) is 6.68. The summed E-state index contributed by atoms with van der Waals surface area (Å²) >= 11 is 0. The standard InChI is InChI=1S/C9H10N2/c1-6-3-4-9-8(5-6)7(2)10-11-9/h3-5H,1-2H3,(H,10,11). The normalized spacial score (nSPS) is 10.7. The van der Waals surface area contributed by atoms with Crippen LogP contribution >= 0.6 is 0 Å². The van der Waals surface area contributed by atoms with Crippen molar-refractivity contribution in [2.45, 2.75) is 13.8 Å². The first-order valence-corrected chi connectivity index (χ1v) is 3.69. The van der Waals surface area contributed by atoms with Crippen LogP contribution in [0.15, 0.2) is 18.2 Å². The van der Waals surface area contributed by atoms with Gasteiger partial charge >= 0.3 is 0 Å². The molecule has 1 aromatic carbocycles. The Balaban J connectivity index is 2.87. The van der Waals surface area contributed by atoms with Crippen LogP contribution in [-0.4, -0.2) is 10.2 Å². The molecule has 0 aliphatic carbocycles. The molecule has 0 saturated carbocycles. The van der Waals surface area contributed by atoms with E-state index in [2.05, 4.69) is 29.3 Å². The van der Waals surface area contributed by atoms with E-state index in [1.807, 2.05) is 13.0 Å². The Bertz CT molecular complexity index is 387. The number of benzene rings is 1. The van der Waals surface area contributed by atoms with Crippen molar-refractivity contribution in [3.8, 4) is 0 Å². The van der Waals surface area contributed by atoms with E-state index in [1.54, 1.807) is 0 Å². The molecule has 2 rings (SSSR count). The molecule has 2 nitrogen and oxygen atoms in total. The van der Waals surface area contributed by atoms with E-state index in [4.69, 9.17) is 0 Å². The fourth-order valence-electron chi connectivity index (χ4n) is 1.25. The van der Waals surface area contributed by atoms with Crippen LogP contribution in [-0.2, 0) is 0 Å². The smallest absolute Gasteiger partial charge is 0.0923 e. The molecule has 11 heavy (non-hydrogen) atoms. The molecule has 0 spiro atoms. The summed E-state index contributed by atoms with van der Waals surface area (Å²) in [6.07, 6.45) is 0. The van der Waals surface area contributed by atoms with Crippen molar-refractivity contribution in [3.05, 3.63) is 29.5 Å². The van der Waals surface area contributed by atoms with Gasteiger partial charge in [0.05, 0.1) is 5.52 Å². The summed E-state index contributed by atoms with van der Waals surface area (Å²) in [5.74, 6) is 0. The number of nitrogens with zero attached hydrogens (tertiary/aromatic N) is 1. The molecule has 0 aliphatic rings. The van der Waals surface area contributed by atoms with Gasteiger partial charge in [-0.2, -0.15) is 5.10 Å². The van der Waals surface area contributed by atoms with Gasteiger partial charge in [-0.15, -0.1) is 0 Å². The molecular weight excluding hydrogens is 136 g/mol. The van der Waals surface area contributed by atoms with Crippen LogP contribution in [0.1, 0.15) is 11.3 Å². The number of hydrogen-bond donors (Lipinski definition) is 1. The van der Waals surface area contributed by atoms with Gasteiger partial charge in [-0.05, 0) is 26.0 Å². The summed E-state index contributed by atoms with van der Waals surface area (Å²) in [6.45, 7) is 4.13. The monoisotopic (exact) mass is 146 g/mol. The largest absolute Gasteiger partial charge is 0.282 e. The molecule has 0 aliphatic heterocycles. The van der Waals surface area contributed by atoms with Gasteiger partial charge in [-0.1, -0.05) is 11.6 Å². The lowest BCUT2D eigenvalue weighted by Gasteiger charge is -1.91. The first-order valence-electron chi connectivity index (χ1n) is 3.69. The lowest BCUT2D eigenvalue weighted by atomic mass is 10.1. The second-order valence-electron chi connectivity index (χ2n) is 2.87. The molecule has 2 aromatic rings. The zero-order chi connectivity index (χ0) is 7.84. The second-order valence-corrected chi connectivity index (χ2v) is 2.87. The average Bonchev–Trinajstić information content (AvgIpc) is 2.33. The molecule has 0 radical (unpaired) electrons. The lowest BCUT2D eigenvalue weighted by Crippen LogP contribution is -1.72. The Morgan fingerprint density at radius 2 is 2.09 bits per heavy atom. The molecule has 1 aromatic heterocycles. The lowest BCUT2D eigenvalue weighted by molar-refractivity contribution is 1.07. The van der Waals surface area contributed by atoms with Crippen LogP contribution < -0.4 is 0 Å². The number of H-pyrrole nitrogens is 1. The SMILES string of the molecule is Cc1ccc2n[nH]c(C)c2c1. The van der Waals surface area contributed by atoms with Gasteiger partial charge in [-0.25, -0.2) is 0 Å². The van der Waals surface area contributed by atoms with Crippen LogP contribution in [0.5, 0.6) is 0 Å². The summed E-state index contributed by atoms with van der Waals surface area (Å²) in [4.78, 5) is 0. The third kappa shape index (κ3) is 0.909. The maximum absolute atomic E-state index is 4.13. The van der Waals surface area contributed by atoms with E-state index in [0.717, 1.165) is 11.2 Å². The van der Waals surface area contributed by atoms with Gasteiger partial charge in [0, 0.05) is 11.1 Å². The Kier molecular flexibility index (Phi) is 1.22. The highest BCUT2D eigenvalue weighted by molar-refractivity contribution is 5.81. The maximum atomic E-state index is 4.13. The molecule has 56 valence electrons. The predicted octanol–water partition coefficient (Wildman–Crippen LogP) is 2.18. The molecule has 0 amide bonds. The van der Waals surface area contributed by atoms with E-state index in [0.29, 0.717) is 0 Å². The summed E-state index contributed by atoms with van der Waals surface area (Å²) in [5, 5.41) is 8.32. The molecule has 0 atom stereocenters.